The van der Waals surface area contributed by atoms with Crippen LogP contribution in [0.25, 0.3) is 0 Å². The molecule has 2 atom stereocenters. The minimum Gasteiger partial charge on any atom is -0.486 e. The van der Waals surface area contributed by atoms with E-state index >= 15 is 0 Å². The number of likely N-dealkylation sites (tertiary alicyclic amines) is 1. The molecule has 5 rings (SSSR count). The van der Waals surface area contributed by atoms with Gasteiger partial charge in [0.25, 0.3) is 0 Å². The lowest BCUT2D eigenvalue weighted by atomic mass is 10.0. The molecule has 0 spiro atoms. The van der Waals surface area contributed by atoms with E-state index in [-0.39, 0.29) is 29.6 Å². The van der Waals surface area contributed by atoms with Crippen LogP contribution < -0.4 is 14.8 Å². The molecule has 0 bridgehead atoms. The van der Waals surface area contributed by atoms with Crippen molar-refractivity contribution in [3.63, 3.8) is 0 Å². The SMILES string of the molecule is Cc1cc(NC(=O)N2CCC[C@H]2c2ccc3c(c2)OCCO3)n([C@@H]2CCS(=O)(=O)C2)n1. The van der Waals surface area contributed by atoms with Gasteiger partial charge in [0.1, 0.15) is 19.0 Å². The number of amides is 2. The van der Waals surface area contributed by atoms with Crippen LogP contribution in [0.1, 0.15) is 42.6 Å². The van der Waals surface area contributed by atoms with E-state index in [0.717, 1.165) is 29.8 Å². The Balaban J connectivity index is 1.35. The Kier molecular flexibility index (Phi) is 5.04. The van der Waals surface area contributed by atoms with Crippen molar-refractivity contribution in [1.82, 2.24) is 14.7 Å². The molecule has 0 saturated carbocycles. The second-order valence-electron chi connectivity index (χ2n) is 8.36. The number of aromatic nitrogens is 2. The molecule has 1 N–H and O–H groups in total. The molecule has 31 heavy (non-hydrogen) atoms. The zero-order chi connectivity index (χ0) is 21.6. The number of nitrogens with zero attached hydrogens (tertiary/aromatic N) is 3. The first-order valence-electron chi connectivity index (χ1n) is 10.6. The number of carbonyl (C=O) groups is 1. The van der Waals surface area contributed by atoms with Gasteiger partial charge in [-0.2, -0.15) is 5.10 Å². The number of ether oxygens (including phenoxy) is 2. The minimum absolute atomic E-state index is 0.0554. The summed E-state index contributed by atoms with van der Waals surface area (Å²) in [5, 5.41) is 7.43. The maximum atomic E-state index is 13.2. The maximum Gasteiger partial charge on any atom is 0.323 e. The van der Waals surface area contributed by atoms with Crippen molar-refractivity contribution in [2.75, 3.05) is 36.6 Å². The number of carbonyl (C=O) groups excluding carboxylic acids is 1. The monoisotopic (exact) mass is 446 g/mol. The molecule has 166 valence electrons. The molecule has 3 aliphatic rings. The Morgan fingerprint density at radius 3 is 2.74 bits per heavy atom. The van der Waals surface area contributed by atoms with Gasteiger partial charge in [0, 0.05) is 12.6 Å². The van der Waals surface area contributed by atoms with Crippen LogP contribution in [0, 0.1) is 6.92 Å². The Labute approximate surface area is 181 Å². The normalized spacial score (nSPS) is 24.4. The molecular weight excluding hydrogens is 420 g/mol. The van der Waals surface area contributed by atoms with Crippen molar-refractivity contribution in [2.45, 2.75) is 38.3 Å². The molecule has 1 aromatic heterocycles. The zero-order valence-corrected chi connectivity index (χ0v) is 18.2. The van der Waals surface area contributed by atoms with Gasteiger partial charge >= 0.3 is 6.03 Å². The van der Waals surface area contributed by atoms with E-state index in [4.69, 9.17) is 9.47 Å². The van der Waals surface area contributed by atoms with Crippen molar-refractivity contribution < 1.29 is 22.7 Å². The van der Waals surface area contributed by atoms with Crippen molar-refractivity contribution in [3.05, 3.63) is 35.5 Å². The van der Waals surface area contributed by atoms with E-state index in [2.05, 4.69) is 10.4 Å². The quantitative estimate of drug-likeness (QED) is 0.778. The Morgan fingerprint density at radius 1 is 1.16 bits per heavy atom. The molecule has 9 nitrogen and oxygen atoms in total. The summed E-state index contributed by atoms with van der Waals surface area (Å²) in [5.74, 6) is 2.20. The second-order valence-corrected chi connectivity index (χ2v) is 10.6. The molecule has 4 heterocycles. The van der Waals surface area contributed by atoms with Gasteiger partial charge in [0.2, 0.25) is 0 Å². The van der Waals surface area contributed by atoms with Gasteiger partial charge in [0.15, 0.2) is 21.3 Å². The summed E-state index contributed by atoms with van der Waals surface area (Å²) in [4.78, 5) is 15.0. The molecule has 0 unspecified atom stereocenters. The molecule has 0 aliphatic carbocycles. The largest absolute Gasteiger partial charge is 0.486 e. The molecule has 10 heteroatoms. The molecule has 2 aromatic rings. The van der Waals surface area contributed by atoms with Crippen LogP contribution in [0.15, 0.2) is 24.3 Å². The van der Waals surface area contributed by atoms with Crippen molar-refractivity contribution in [1.29, 1.82) is 0 Å². The number of sulfone groups is 1. The van der Waals surface area contributed by atoms with Crippen molar-refractivity contribution in [3.8, 4) is 11.5 Å². The van der Waals surface area contributed by atoms with Crippen molar-refractivity contribution >= 4 is 21.7 Å². The predicted octanol–water partition coefficient (Wildman–Crippen LogP) is 2.69. The maximum absolute atomic E-state index is 13.2. The third-order valence-electron chi connectivity index (χ3n) is 6.11. The van der Waals surface area contributed by atoms with E-state index in [9.17, 15) is 13.2 Å². The summed E-state index contributed by atoms with van der Waals surface area (Å²) in [6.45, 7) is 3.55. The van der Waals surface area contributed by atoms with Crippen LogP contribution >= 0.6 is 0 Å². The Morgan fingerprint density at radius 2 is 1.97 bits per heavy atom. The number of benzene rings is 1. The predicted molar refractivity (Wildman–Crippen MR) is 114 cm³/mol. The van der Waals surface area contributed by atoms with E-state index in [1.165, 1.54) is 0 Å². The van der Waals surface area contributed by atoms with E-state index in [0.29, 0.717) is 37.7 Å². The molecule has 0 radical (unpaired) electrons. The number of nitrogens with one attached hydrogen (secondary N) is 1. The molecule has 2 amide bonds. The van der Waals surface area contributed by atoms with Gasteiger partial charge in [-0.3, -0.25) is 5.32 Å². The summed E-state index contributed by atoms with van der Waals surface area (Å²) >= 11 is 0. The van der Waals surface area contributed by atoms with Crippen LogP contribution in [0.3, 0.4) is 0 Å². The summed E-state index contributed by atoms with van der Waals surface area (Å²) in [6.07, 6.45) is 2.29. The fourth-order valence-electron chi connectivity index (χ4n) is 4.66. The lowest BCUT2D eigenvalue weighted by molar-refractivity contribution is 0.170. The topological polar surface area (TPSA) is 103 Å². The average molecular weight is 447 g/mol. The van der Waals surface area contributed by atoms with E-state index in [1.54, 1.807) is 10.7 Å². The number of rotatable bonds is 3. The zero-order valence-electron chi connectivity index (χ0n) is 17.4. The van der Waals surface area contributed by atoms with Crippen LogP contribution in [0.5, 0.6) is 11.5 Å². The van der Waals surface area contributed by atoms with Gasteiger partial charge in [-0.25, -0.2) is 17.9 Å². The first-order valence-corrected chi connectivity index (χ1v) is 12.5. The summed E-state index contributed by atoms with van der Waals surface area (Å²) in [7, 11) is -3.05. The van der Waals surface area contributed by atoms with Gasteiger partial charge in [-0.15, -0.1) is 0 Å². The first-order chi connectivity index (χ1) is 14.9. The Bertz CT molecular complexity index is 1110. The lowest BCUT2D eigenvalue weighted by Crippen LogP contribution is -2.35. The lowest BCUT2D eigenvalue weighted by Gasteiger charge is -2.27. The summed E-state index contributed by atoms with van der Waals surface area (Å²) in [6, 6.07) is 7.12. The highest BCUT2D eigenvalue weighted by atomic mass is 32.2. The smallest absolute Gasteiger partial charge is 0.323 e. The number of urea groups is 1. The summed E-state index contributed by atoms with van der Waals surface area (Å²) < 4.78 is 36.8. The fourth-order valence-corrected chi connectivity index (χ4v) is 6.35. The number of aryl methyl sites for hydroxylation is 1. The Hall–Kier alpha value is -2.75. The number of hydrogen-bond donors (Lipinski definition) is 1. The fraction of sp³-hybridized carbons (Fsp3) is 0.524. The minimum atomic E-state index is -3.05. The van der Waals surface area contributed by atoms with Gasteiger partial charge < -0.3 is 14.4 Å². The number of fused-ring (bicyclic) bond motifs is 1. The van der Waals surface area contributed by atoms with Crippen LogP contribution in [-0.2, 0) is 9.84 Å². The van der Waals surface area contributed by atoms with E-state index in [1.807, 2.05) is 30.0 Å². The van der Waals surface area contributed by atoms with Crippen LogP contribution in [-0.4, -0.2) is 60.4 Å². The first kappa shape index (κ1) is 20.2. The highest BCUT2D eigenvalue weighted by Gasteiger charge is 2.34. The standard InChI is InChI=1S/C21H26N4O5S/c1-14-11-20(25(23-14)16-6-10-31(27,28)13-16)22-21(26)24-7-2-3-17(24)15-4-5-18-19(12-15)30-9-8-29-18/h4-5,11-12,16-17H,2-3,6-10,13H2,1H3,(H,22,26)/t16-,17+/m1/s1. The molecule has 2 fully saturated rings. The number of anilines is 1. The van der Waals surface area contributed by atoms with E-state index < -0.39 is 9.84 Å². The molecular formula is C21H26N4O5S. The number of hydrogen-bond acceptors (Lipinski definition) is 6. The average Bonchev–Trinajstić information content (AvgIpc) is 3.46. The second kappa shape index (κ2) is 7.74. The highest BCUT2D eigenvalue weighted by molar-refractivity contribution is 7.91. The molecule has 1 aromatic carbocycles. The third kappa shape index (κ3) is 3.96. The van der Waals surface area contributed by atoms with Crippen LogP contribution in [0.2, 0.25) is 0 Å². The van der Waals surface area contributed by atoms with Crippen LogP contribution in [0.4, 0.5) is 10.6 Å². The van der Waals surface area contributed by atoms with Gasteiger partial charge in [-0.05, 0) is 43.9 Å². The third-order valence-corrected chi connectivity index (χ3v) is 7.86. The summed E-state index contributed by atoms with van der Waals surface area (Å²) in [5.41, 5.74) is 1.76. The van der Waals surface area contributed by atoms with Gasteiger partial charge in [0.05, 0.1) is 29.3 Å². The van der Waals surface area contributed by atoms with Crippen molar-refractivity contribution in [2.24, 2.45) is 0 Å². The molecule has 3 aliphatic heterocycles. The highest BCUT2D eigenvalue weighted by Crippen LogP contribution is 2.38. The molecule has 2 saturated heterocycles. The van der Waals surface area contributed by atoms with Gasteiger partial charge in [-0.1, -0.05) is 6.07 Å².